The van der Waals surface area contributed by atoms with Crippen LogP contribution in [0.15, 0.2) is 23.1 Å². The Hall–Kier alpha value is -2.13. The number of nitrogens with zero attached hydrogens (tertiary/aromatic N) is 1. The molecule has 0 spiro atoms. The maximum atomic E-state index is 13.3. The van der Waals surface area contributed by atoms with Crippen LogP contribution in [-0.2, 0) is 30.8 Å². The quantitative estimate of drug-likeness (QED) is 0.731. The Kier molecular flexibility index (Phi) is 4.94. The van der Waals surface area contributed by atoms with Crippen molar-refractivity contribution in [3.8, 4) is 5.75 Å². The molecular formula is C17H21NO7S. The van der Waals surface area contributed by atoms with Crippen molar-refractivity contribution in [1.29, 1.82) is 0 Å². The number of fused-ring (bicyclic) bond motifs is 2. The fraction of sp³-hybridized carbons (Fsp3) is 0.529. The molecule has 0 amide bonds. The second-order valence-corrected chi connectivity index (χ2v) is 8.35. The molecule has 2 aliphatic heterocycles. The minimum absolute atomic E-state index is 0.00774. The molecule has 26 heavy (non-hydrogen) atoms. The molecule has 2 aliphatic rings. The lowest BCUT2D eigenvalue weighted by molar-refractivity contribution is -0.142. The summed E-state index contributed by atoms with van der Waals surface area (Å²) >= 11 is 0. The van der Waals surface area contributed by atoms with Gasteiger partial charge >= 0.3 is 11.9 Å². The first-order chi connectivity index (χ1) is 12.3. The Morgan fingerprint density at radius 2 is 2.00 bits per heavy atom. The molecule has 1 aromatic rings. The van der Waals surface area contributed by atoms with E-state index in [-0.39, 0.29) is 22.9 Å². The smallest absolute Gasteiger partial charge is 0.310 e. The van der Waals surface area contributed by atoms with Crippen LogP contribution < -0.4 is 4.74 Å². The molecule has 0 aliphatic carbocycles. The molecule has 142 valence electrons. The summed E-state index contributed by atoms with van der Waals surface area (Å²) in [7, 11) is -1.26. The average molecular weight is 383 g/mol. The van der Waals surface area contributed by atoms with E-state index in [0.717, 1.165) is 0 Å². The highest BCUT2D eigenvalue weighted by Gasteiger charge is 2.54. The van der Waals surface area contributed by atoms with Gasteiger partial charge in [0.25, 0.3) is 0 Å². The Morgan fingerprint density at radius 1 is 1.27 bits per heavy atom. The third kappa shape index (κ3) is 3.05. The van der Waals surface area contributed by atoms with Gasteiger partial charge in [-0.1, -0.05) is 0 Å². The van der Waals surface area contributed by atoms with Gasteiger partial charge < -0.3 is 14.6 Å². The molecule has 2 fully saturated rings. The van der Waals surface area contributed by atoms with Gasteiger partial charge in [0.1, 0.15) is 5.75 Å². The van der Waals surface area contributed by atoms with Crippen molar-refractivity contribution in [2.75, 3.05) is 14.2 Å². The third-order valence-electron chi connectivity index (χ3n) is 5.18. The molecule has 3 atom stereocenters. The van der Waals surface area contributed by atoms with Crippen LogP contribution >= 0.6 is 0 Å². The number of benzene rings is 1. The topological polar surface area (TPSA) is 110 Å². The van der Waals surface area contributed by atoms with Gasteiger partial charge in [0.05, 0.1) is 31.5 Å². The molecule has 2 saturated heterocycles. The molecule has 9 heteroatoms. The molecule has 2 bridgehead atoms. The zero-order valence-corrected chi connectivity index (χ0v) is 15.4. The number of methoxy groups -OCH3 is 2. The number of hydrogen-bond acceptors (Lipinski definition) is 6. The zero-order valence-electron chi connectivity index (χ0n) is 14.5. The van der Waals surface area contributed by atoms with Crippen LogP contribution in [0, 0.1) is 5.92 Å². The van der Waals surface area contributed by atoms with E-state index in [2.05, 4.69) is 4.74 Å². The van der Waals surface area contributed by atoms with Gasteiger partial charge in [0.2, 0.25) is 10.0 Å². The van der Waals surface area contributed by atoms with Crippen molar-refractivity contribution in [2.45, 2.75) is 42.7 Å². The van der Waals surface area contributed by atoms with E-state index in [9.17, 15) is 23.1 Å². The third-order valence-corrected chi connectivity index (χ3v) is 7.25. The summed E-state index contributed by atoms with van der Waals surface area (Å²) in [5, 5.41) is 9.36. The first-order valence-corrected chi connectivity index (χ1v) is 9.73. The van der Waals surface area contributed by atoms with Crippen LogP contribution in [0.3, 0.4) is 0 Å². The summed E-state index contributed by atoms with van der Waals surface area (Å²) < 4.78 is 37.7. The molecule has 2 heterocycles. The van der Waals surface area contributed by atoms with Crippen molar-refractivity contribution < 1.29 is 32.6 Å². The number of carbonyl (C=O) groups is 2. The lowest BCUT2D eigenvalue weighted by atomic mass is 9.89. The maximum Gasteiger partial charge on any atom is 0.310 e. The van der Waals surface area contributed by atoms with Crippen LogP contribution in [0.1, 0.15) is 24.8 Å². The Bertz CT molecular complexity index is 836. The Labute approximate surface area is 151 Å². The fourth-order valence-electron chi connectivity index (χ4n) is 3.99. The predicted octanol–water partition coefficient (Wildman–Crippen LogP) is 1.04. The number of carbonyl (C=O) groups excluding carboxylic acids is 1. The molecule has 0 radical (unpaired) electrons. The summed E-state index contributed by atoms with van der Waals surface area (Å²) in [5.74, 6) is -1.80. The van der Waals surface area contributed by atoms with Crippen LogP contribution in [0.4, 0.5) is 0 Å². The molecule has 3 unspecified atom stereocenters. The van der Waals surface area contributed by atoms with Crippen LogP contribution in [-0.4, -0.2) is 56.1 Å². The Morgan fingerprint density at radius 3 is 2.58 bits per heavy atom. The lowest BCUT2D eigenvalue weighted by Gasteiger charge is -2.24. The van der Waals surface area contributed by atoms with E-state index in [4.69, 9.17) is 4.74 Å². The molecule has 3 rings (SSSR count). The highest BCUT2D eigenvalue weighted by atomic mass is 32.2. The number of carboxylic acids is 1. The van der Waals surface area contributed by atoms with E-state index in [1.165, 1.54) is 36.7 Å². The number of esters is 1. The molecule has 1 aromatic carbocycles. The lowest BCUT2D eigenvalue weighted by Crippen LogP contribution is -2.38. The second-order valence-electron chi connectivity index (χ2n) is 6.54. The van der Waals surface area contributed by atoms with Gasteiger partial charge in [-0.3, -0.25) is 9.59 Å². The van der Waals surface area contributed by atoms with E-state index in [1.54, 1.807) is 0 Å². The van der Waals surface area contributed by atoms with E-state index in [1.807, 2.05) is 0 Å². The minimum Gasteiger partial charge on any atom is -0.497 e. The van der Waals surface area contributed by atoms with Gasteiger partial charge in [-0.15, -0.1) is 0 Å². The number of hydrogen-bond donors (Lipinski definition) is 1. The summed E-state index contributed by atoms with van der Waals surface area (Å²) in [5.41, 5.74) is 0.273. The van der Waals surface area contributed by atoms with Crippen LogP contribution in [0.2, 0.25) is 0 Å². The molecule has 0 saturated carbocycles. The highest BCUT2D eigenvalue weighted by Crippen LogP contribution is 2.45. The Balaban J connectivity index is 2.02. The van der Waals surface area contributed by atoms with Crippen molar-refractivity contribution in [1.82, 2.24) is 4.31 Å². The van der Waals surface area contributed by atoms with Crippen molar-refractivity contribution in [3.05, 3.63) is 23.8 Å². The van der Waals surface area contributed by atoms with E-state index >= 15 is 0 Å². The van der Waals surface area contributed by atoms with E-state index in [0.29, 0.717) is 25.0 Å². The predicted molar refractivity (Wildman–Crippen MR) is 90.3 cm³/mol. The average Bonchev–Trinajstić information content (AvgIpc) is 3.20. The number of ether oxygens (including phenoxy) is 2. The van der Waals surface area contributed by atoms with Crippen LogP contribution in [0.5, 0.6) is 5.75 Å². The van der Waals surface area contributed by atoms with Gasteiger partial charge in [0, 0.05) is 12.1 Å². The number of carboxylic acid groups (broad SMARTS) is 1. The second kappa shape index (κ2) is 6.88. The normalized spacial score (nSPS) is 25.2. The molecular weight excluding hydrogens is 362 g/mol. The molecule has 1 N–H and O–H groups in total. The SMILES string of the molecule is COC(=O)Cc1cc(OC)ccc1S(=O)(=O)N1C2CCC1C(C(=O)O)C2. The minimum atomic E-state index is -3.94. The summed E-state index contributed by atoms with van der Waals surface area (Å²) in [6, 6.07) is 3.55. The number of sulfonamides is 1. The van der Waals surface area contributed by atoms with Gasteiger partial charge in [0.15, 0.2) is 0 Å². The van der Waals surface area contributed by atoms with Crippen LogP contribution in [0.25, 0.3) is 0 Å². The summed E-state index contributed by atoms with van der Waals surface area (Å²) in [4.78, 5) is 23.1. The highest BCUT2D eigenvalue weighted by molar-refractivity contribution is 7.89. The number of aliphatic carboxylic acids is 1. The monoisotopic (exact) mass is 383 g/mol. The van der Waals surface area contributed by atoms with Gasteiger partial charge in [-0.2, -0.15) is 4.31 Å². The maximum absolute atomic E-state index is 13.3. The zero-order chi connectivity index (χ0) is 19.1. The molecule has 0 aromatic heterocycles. The van der Waals surface area contributed by atoms with Crippen molar-refractivity contribution in [2.24, 2.45) is 5.92 Å². The first-order valence-electron chi connectivity index (χ1n) is 8.29. The van der Waals surface area contributed by atoms with E-state index < -0.39 is 33.9 Å². The van der Waals surface area contributed by atoms with Gasteiger partial charge in [-0.05, 0) is 43.0 Å². The summed E-state index contributed by atoms with van der Waals surface area (Å²) in [6.07, 6.45) is 1.29. The number of rotatable bonds is 6. The summed E-state index contributed by atoms with van der Waals surface area (Å²) in [6.45, 7) is 0. The van der Waals surface area contributed by atoms with Gasteiger partial charge in [-0.25, -0.2) is 8.42 Å². The standard InChI is InChI=1S/C17H21NO7S/c1-24-12-4-6-15(10(7-12)8-16(19)25-2)26(22,23)18-11-3-5-14(18)13(9-11)17(20)21/h4,6-7,11,13-14H,3,5,8-9H2,1-2H3,(H,20,21). The first kappa shape index (κ1) is 18.7. The van der Waals surface area contributed by atoms with Crippen molar-refractivity contribution >= 4 is 22.0 Å². The van der Waals surface area contributed by atoms with Crippen molar-refractivity contribution in [3.63, 3.8) is 0 Å². The molecule has 8 nitrogen and oxygen atoms in total. The fourth-order valence-corrected chi connectivity index (χ4v) is 6.11. The largest absolute Gasteiger partial charge is 0.497 e.